The minimum absolute atomic E-state index is 0.127. The van der Waals surface area contributed by atoms with Gasteiger partial charge in [0.2, 0.25) is 5.88 Å². The van der Waals surface area contributed by atoms with Gasteiger partial charge < -0.3 is 9.84 Å². The van der Waals surface area contributed by atoms with Gasteiger partial charge in [-0.1, -0.05) is 0 Å². The number of carbonyl (C=O) groups is 1. The maximum Gasteiger partial charge on any atom is 0.409 e. The highest BCUT2D eigenvalue weighted by molar-refractivity contribution is 5.82. The van der Waals surface area contributed by atoms with E-state index < -0.39 is 11.0 Å². The first-order valence-electron chi connectivity index (χ1n) is 5.43. The summed E-state index contributed by atoms with van der Waals surface area (Å²) < 4.78 is 5.36. The Balaban J connectivity index is 2.06. The van der Waals surface area contributed by atoms with E-state index in [1.165, 1.54) is 24.3 Å². The van der Waals surface area contributed by atoms with Crippen LogP contribution in [0, 0.1) is 10.1 Å². The first-order chi connectivity index (χ1) is 9.54. The van der Waals surface area contributed by atoms with Crippen LogP contribution >= 0.6 is 0 Å². The Bertz CT molecular complexity index is 625. The molecule has 8 heteroatoms. The van der Waals surface area contributed by atoms with Gasteiger partial charge in [-0.15, -0.1) is 0 Å². The van der Waals surface area contributed by atoms with E-state index in [1.807, 2.05) is 0 Å². The third-order valence-electron chi connectivity index (χ3n) is 2.26. The van der Waals surface area contributed by atoms with E-state index in [0.29, 0.717) is 11.4 Å². The molecule has 2 rings (SSSR count). The molecule has 102 valence electrons. The molecule has 0 unspecified atom stereocenters. The molecule has 2 N–H and O–H groups in total. The Hall–Kier alpha value is -3.16. The lowest BCUT2D eigenvalue weighted by molar-refractivity contribution is -0.385. The van der Waals surface area contributed by atoms with Gasteiger partial charge in [-0.05, 0) is 24.3 Å². The zero-order valence-corrected chi connectivity index (χ0v) is 10.0. The number of ether oxygens (including phenoxy) is 1. The monoisotopic (exact) mass is 275 g/mol. The molecule has 0 fully saturated rings. The van der Waals surface area contributed by atoms with Crippen LogP contribution in [0.15, 0.2) is 42.6 Å². The fourth-order valence-corrected chi connectivity index (χ4v) is 1.39. The van der Waals surface area contributed by atoms with E-state index in [-0.39, 0.29) is 11.6 Å². The van der Waals surface area contributed by atoms with Crippen molar-refractivity contribution in [3.8, 4) is 11.6 Å². The number of benzene rings is 1. The molecule has 0 aliphatic rings. The second-order valence-electron chi connectivity index (χ2n) is 3.67. The summed E-state index contributed by atoms with van der Waals surface area (Å²) in [4.78, 5) is 24.1. The van der Waals surface area contributed by atoms with Gasteiger partial charge in [0.05, 0.1) is 4.92 Å². The average Bonchev–Trinajstić information content (AvgIpc) is 2.41. The molecular formula is C12H9N3O5. The Kier molecular flexibility index (Phi) is 3.75. The number of hydrogen-bond acceptors (Lipinski definition) is 5. The van der Waals surface area contributed by atoms with E-state index in [4.69, 9.17) is 9.84 Å². The lowest BCUT2D eigenvalue weighted by Crippen LogP contribution is -2.06. The molecule has 0 radical (unpaired) electrons. The SMILES string of the molecule is O=C(O)Nc1ccc(Oc2ccc([N+](=O)[O-])cn2)cc1. The van der Waals surface area contributed by atoms with E-state index >= 15 is 0 Å². The van der Waals surface area contributed by atoms with Crippen molar-refractivity contribution in [2.75, 3.05) is 5.32 Å². The van der Waals surface area contributed by atoms with Gasteiger partial charge in [-0.2, -0.15) is 0 Å². The van der Waals surface area contributed by atoms with Crippen molar-refractivity contribution in [3.63, 3.8) is 0 Å². The van der Waals surface area contributed by atoms with Crippen molar-refractivity contribution in [2.24, 2.45) is 0 Å². The van der Waals surface area contributed by atoms with E-state index in [2.05, 4.69) is 10.3 Å². The zero-order valence-electron chi connectivity index (χ0n) is 10.0. The quantitative estimate of drug-likeness (QED) is 0.654. The number of nitrogens with zero attached hydrogens (tertiary/aromatic N) is 2. The first kappa shape index (κ1) is 13.3. The Morgan fingerprint density at radius 1 is 1.25 bits per heavy atom. The van der Waals surface area contributed by atoms with Crippen LogP contribution in [0.5, 0.6) is 11.6 Å². The van der Waals surface area contributed by atoms with Gasteiger partial charge in [0, 0.05) is 17.8 Å². The van der Waals surface area contributed by atoms with Gasteiger partial charge in [0.25, 0.3) is 5.69 Å². The van der Waals surface area contributed by atoms with Crippen molar-refractivity contribution < 1.29 is 19.6 Å². The molecule has 0 aliphatic heterocycles. The number of aromatic nitrogens is 1. The van der Waals surface area contributed by atoms with Crippen LogP contribution in [0.2, 0.25) is 0 Å². The molecule has 0 spiro atoms. The topological polar surface area (TPSA) is 115 Å². The maximum absolute atomic E-state index is 10.5. The Morgan fingerprint density at radius 2 is 1.95 bits per heavy atom. The van der Waals surface area contributed by atoms with Crippen LogP contribution < -0.4 is 10.1 Å². The molecule has 1 heterocycles. The first-order valence-corrected chi connectivity index (χ1v) is 5.43. The third-order valence-corrected chi connectivity index (χ3v) is 2.26. The molecule has 2 aromatic rings. The summed E-state index contributed by atoms with van der Waals surface area (Å²) in [6, 6.07) is 8.80. The maximum atomic E-state index is 10.5. The second-order valence-corrected chi connectivity index (χ2v) is 3.67. The predicted molar refractivity (Wildman–Crippen MR) is 69.1 cm³/mol. The minimum atomic E-state index is -1.16. The smallest absolute Gasteiger partial charge is 0.409 e. The van der Waals surface area contributed by atoms with Gasteiger partial charge >= 0.3 is 6.09 Å². The number of anilines is 1. The number of nitrogens with one attached hydrogen (secondary N) is 1. The number of hydrogen-bond donors (Lipinski definition) is 2. The van der Waals surface area contributed by atoms with Crippen molar-refractivity contribution in [1.29, 1.82) is 0 Å². The van der Waals surface area contributed by atoms with Crippen molar-refractivity contribution in [3.05, 3.63) is 52.7 Å². The van der Waals surface area contributed by atoms with Gasteiger partial charge in [-0.25, -0.2) is 9.78 Å². The van der Waals surface area contributed by atoms with Crippen LogP contribution in [-0.2, 0) is 0 Å². The Morgan fingerprint density at radius 3 is 2.45 bits per heavy atom. The molecule has 0 aliphatic carbocycles. The summed E-state index contributed by atoms with van der Waals surface area (Å²) in [5.74, 6) is 0.636. The van der Waals surface area contributed by atoms with Crippen molar-refractivity contribution in [1.82, 2.24) is 4.98 Å². The number of carboxylic acid groups (broad SMARTS) is 1. The number of nitro groups is 1. The fraction of sp³-hybridized carbons (Fsp3) is 0. The van der Waals surface area contributed by atoms with E-state index in [1.54, 1.807) is 12.1 Å². The molecule has 20 heavy (non-hydrogen) atoms. The largest absolute Gasteiger partial charge is 0.465 e. The predicted octanol–water partition coefficient (Wildman–Crippen LogP) is 2.87. The lowest BCUT2D eigenvalue weighted by atomic mass is 10.3. The summed E-state index contributed by atoms with van der Waals surface area (Å²) in [5, 5.41) is 21.2. The standard InChI is InChI=1S/C12H9N3O5/c16-12(17)14-8-1-4-10(5-2-8)20-11-6-3-9(7-13-11)15(18)19/h1-7,14H,(H,16,17). The van der Waals surface area contributed by atoms with Gasteiger partial charge in [0.15, 0.2) is 0 Å². The summed E-state index contributed by atoms with van der Waals surface area (Å²) in [6.45, 7) is 0. The molecule has 0 saturated carbocycles. The molecule has 1 aromatic carbocycles. The highest BCUT2D eigenvalue weighted by atomic mass is 16.6. The summed E-state index contributed by atoms with van der Waals surface area (Å²) in [7, 11) is 0. The average molecular weight is 275 g/mol. The molecule has 0 atom stereocenters. The second kappa shape index (κ2) is 5.65. The third kappa shape index (κ3) is 3.42. The van der Waals surface area contributed by atoms with Gasteiger partial charge in [-0.3, -0.25) is 15.4 Å². The highest BCUT2D eigenvalue weighted by Gasteiger charge is 2.06. The van der Waals surface area contributed by atoms with Crippen molar-refractivity contribution >= 4 is 17.5 Å². The van der Waals surface area contributed by atoms with Crippen LogP contribution in [0.1, 0.15) is 0 Å². The minimum Gasteiger partial charge on any atom is -0.465 e. The number of pyridine rings is 1. The molecule has 0 bridgehead atoms. The highest BCUT2D eigenvalue weighted by Crippen LogP contribution is 2.22. The lowest BCUT2D eigenvalue weighted by Gasteiger charge is -2.05. The van der Waals surface area contributed by atoms with Crippen LogP contribution in [0.3, 0.4) is 0 Å². The number of amides is 1. The normalized spacial score (nSPS) is 9.80. The summed E-state index contributed by atoms with van der Waals surface area (Å²) >= 11 is 0. The van der Waals surface area contributed by atoms with E-state index in [0.717, 1.165) is 6.20 Å². The summed E-state index contributed by atoms with van der Waals surface area (Å²) in [6.07, 6.45) is -0.0638. The summed E-state index contributed by atoms with van der Waals surface area (Å²) in [5.41, 5.74) is 0.278. The van der Waals surface area contributed by atoms with Gasteiger partial charge in [0.1, 0.15) is 11.9 Å². The fourth-order valence-electron chi connectivity index (χ4n) is 1.39. The Labute approximate surface area is 112 Å². The molecular weight excluding hydrogens is 266 g/mol. The molecule has 1 aromatic heterocycles. The van der Waals surface area contributed by atoms with Crippen molar-refractivity contribution in [2.45, 2.75) is 0 Å². The van der Waals surface area contributed by atoms with Crippen LogP contribution in [0.25, 0.3) is 0 Å². The van der Waals surface area contributed by atoms with E-state index in [9.17, 15) is 14.9 Å². The molecule has 8 nitrogen and oxygen atoms in total. The van der Waals surface area contributed by atoms with Crippen LogP contribution in [0.4, 0.5) is 16.2 Å². The zero-order chi connectivity index (χ0) is 14.5. The molecule has 1 amide bonds. The van der Waals surface area contributed by atoms with Crippen LogP contribution in [-0.4, -0.2) is 21.1 Å². The molecule has 0 saturated heterocycles. The number of rotatable bonds is 4.